The maximum Gasteiger partial charge on any atom is 0.325 e. The van der Waals surface area contributed by atoms with E-state index in [-0.39, 0.29) is 24.9 Å². The zero-order chi connectivity index (χ0) is 19.1. The lowest BCUT2D eigenvalue weighted by Gasteiger charge is -2.24. The second kappa shape index (κ2) is 6.98. The summed E-state index contributed by atoms with van der Waals surface area (Å²) >= 11 is 3.29. The van der Waals surface area contributed by atoms with E-state index < -0.39 is 23.3 Å². The van der Waals surface area contributed by atoms with E-state index in [0.717, 1.165) is 17.7 Å². The number of amides is 4. The lowest BCUT2D eigenvalue weighted by Crippen LogP contribution is -2.47. The van der Waals surface area contributed by atoms with Gasteiger partial charge in [0.1, 0.15) is 17.9 Å². The highest BCUT2D eigenvalue weighted by Gasteiger charge is 2.56. The molecule has 1 aliphatic heterocycles. The monoisotopic (exact) mass is 425 g/mol. The van der Waals surface area contributed by atoms with Crippen molar-refractivity contribution < 1.29 is 18.8 Å². The molecule has 2 aliphatic rings. The fraction of sp³-hybridized carbons (Fsp3) is 0.500. The summed E-state index contributed by atoms with van der Waals surface area (Å²) in [7, 11) is 0. The largest absolute Gasteiger partial charge is 0.337 e. The van der Waals surface area contributed by atoms with Crippen LogP contribution >= 0.6 is 15.9 Å². The van der Waals surface area contributed by atoms with Gasteiger partial charge in [-0.25, -0.2) is 9.18 Å². The molecule has 2 fully saturated rings. The van der Waals surface area contributed by atoms with Crippen LogP contribution in [0.2, 0.25) is 0 Å². The number of hydrogen-bond donors (Lipinski definition) is 1. The molecular formula is C18H21BrFN3O3. The number of nitrogens with zero attached hydrogens (tertiary/aromatic N) is 2. The molecular weight excluding hydrogens is 405 g/mol. The fourth-order valence-corrected chi connectivity index (χ4v) is 3.69. The second-order valence-electron chi connectivity index (χ2n) is 6.94. The van der Waals surface area contributed by atoms with Gasteiger partial charge in [0.25, 0.3) is 5.91 Å². The van der Waals surface area contributed by atoms with E-state index in [9.17, 15) is 18.8 Å². The van der Waals surface area contributed by atoms with Crippen molar-refractivity contribution in [2.45, 2.75) is 38.8 Å². The first-order valence-corrected chi connectivity index (χ1v) is 9.41. The average Bonchev–Trinajstić information content (AvgIpc) is 3.41. The predicted molar refractivity (Wildman–Crippen MR) is 96.6 cm³/mol. The Balaban J connectivity index is 1.70. The number of nitrogens with one attached hydrogen (secondary N) is 1. The molecule has 0 bridgehead atoms. The number of likely N-dealkylation sites (N-methyl/N-ethyl adjacent to an activating group) is 1. The lowest BCUT2D eigenvalue weighted by atomic mass is 9.96. The van der Waals surface area contributed by atoms with Crippen LogP contribution in [-0.4, -0.2) is 46.3 Å². The molecule has 0 spiro atoms. The summed E-state index contributed by atoms with van der Waals surface area (Å²) in [5.74, 6) is -1.02. The highest BCUT2D eigenvalue weighted by Crippen LogP contribution is 2.42. The molecule has 1 N–H and O–H groups in total. The van der Waals surface area contributed by atoms with Gasteiger partial charge in [-0.2, -0.15) is 0 Å². The summed E-state index contributed by atoms with van der Waals surface area (Å²) in [4.78, 5) is 39.9. The van der Waals surface area contributed by atoms with Crippen LogP contribution in [0.15, 0.2) is 22.7 Å². The number of imide groups is 1. The fourth-order valence-electron chi connectivity index (χ4n) is 3.28. The molecule has 1 aliphatic carbocycles. The SMILES string of the molecule is CCN(Cc1cc(Br)ccc1F)C(=O)CN1C(=O)NC(C)(C2CC2)C1=O. The second-order valence-corrected chi connectivity index (χ2v) is 7.86. The quantitative estimate of drug-likeness (QED) is 0.712. The van der Waals surface area contributed by atoms with Crippen molar-refractivity contribution in [2.24, 2.45) is 5.92 Å². The number of rotatable bonds is 6. The highest BCUT2D eigenvalue weighted by molar-refractivity contribution is 9.10. The zero-order valence-corrected chi connectivity index (χ0v) is 16.3. The number of carbonyl (C=O) groups is 3. The lowest BCUT2D eigenvalue weighted by molar-refractivity contribution is -0.139. The summed E-state index contributed by atoms with van der Waals surface area (Å²) in [6.45, 7) is 3.56. The van der Waals surface area contributed by atoms with Gasteiger partial charge in [-0.05, 0) is 50.8 Å². The summed E-state index contributed by atoms with van der Waals surface area (Å²) in [6.07, 6.45) is 1.79. The van der Waals surface area contributed by atoms with E-state index in [1.165, 1.54) is 11.0 Å². The molecule has 0 radical (unpaired) electrons. The van der Waals surface area contributed by atoms with Gasteiger partial charge in [-0.3, -0.25) is 14.5 Å². The van der Waals surface area contributed by atoms with Crippen LogP contribution in [0.4, 0.5) is 9.18 Å². The molecule has 6 nitrogen and oxygen atoms in total. The van der Waals surface area contributed by atoms with Crippen LogP contribution in [0, 0.1) is 11.7 Å². The van der Waals surface area contributed by atoms with Crippen LogP contribution in [0.3, 0.4) is 0 Å². The van der Waals surface area contributed by atoms with E-state index in [1.807, 2.05) is 0 Å². The van der Waals surface area contributed by atoms with Gasteiger partial charge in [-0.1, -0.05) is 15.9 Å². The van der Waals surface area contributed by atoms with Gasteiger partial charge in [0, 0.05) is 23.1 Å². The molecule has 1 heterocycles. The van der Waals surface area contributed by atoms with E-state index in [1.54, 1.807) is 26.0 Å². The topological polar surface area (TPSA) is 69.7 Å². The van der Waals surface area contributed by atoms with Crippen LogP contribution in [0.1, 0.15) is 32.3 Å². The van der Waals surface area contributed by atoms with Crippen molar-refractivity contribution in [1.29, 1.82) is 0 Å². The Morgan fingerprint density at radius 1 is 1.42 bits per heavy atom. The Hall–Kier alpha value is -1.96. The van der Waals surface area contributed by atoms with Crippen molar-refractivity contribution in [3.8, 4) is 0 Å². The molecule has 1 atom stereocenters. The summed E-state index contributed by atoms with van der Waals surface area (Å²) in [5.41, 5.74) is -0.542. The third kappa shape index (κ3) is 3.47. The molecule has 4 amide bonds. The van der Waals surface area contributed by atoms with Crippen molar-refractivity contribution in [1.82, 2.24) is 15.1 Å². The van der Waals surface area contributed by atoms with Crippen LogP contribution in [-0.2, 0) is 16.1 Å². The number of hydrogen-bond acceptors (Lipinski definition) is 3. The smallest absolute Gasteiger partial charge is 0.325 e. The third-order valence-electron chi connectivity index (χ3n) is 5.09. The number of urea groups is 1. The summed E-state index contributed by atoms with van der Waals surface area (Å²) in [6, 6.07) is 3.99. The Kier molecular flexibility index (Phi) is 5.05. The Labute approximate surface area is 159 Å². The molecule has 1 saturated heterocycles. The average molecular weight is 426 g/mol. The van der Waals surface area contributed by atoms with Crippen LogP contribution < -0.4 is 5.32 Å². The molecule has 8 heteroatoms. The molecule has 0 aromatic heterocycles. The van der Waals surface area contributed by atoms with E-state index in [0.29, 0.717) is 16.6 Å². The number of benzene rings is 1. The molecule has 3 rings (SSSR count). The molecule has 1 aromatic carbocycles. The first kappa shape index (κ1) is 18.8. The Bertz CT molecular complexity index is 768. The minimum atomic E-state index is -0.912. The molecule has 26 heavy (non-hydrogen) atoms. The first-order valence-electron chi connectivity index (χ1n) is 8.62. The highest BCUT2D eigenvalue weighted by atomic mass is 79.9. The molecule has 1 saturated carbocycles. The van der Waals surface area contributed by atoms with Gasteiger partial charge >= 0.3 is 6.03 Å². The van der Waals surface area contributed by atoms with Crippen molar-refractivity contribution >= 4 is 33.8 Å². The van der Waals surface area contributed by atoms with Crippen LogP contribution in [0.5, 0.6) is 0 Å². The third-order valence-corrected chi connectivity index (χ3v) is 5.59. The minimum absolute atomic E-state index is 0.0736. The van der Waals surface area contributed by atoms with Crippen molar-refractivity contribution in [3.05, 3.63) is 34.1 Å². The van der Waals surface area contributed by atoms with Gasteiger partial charge < -0.3 is 10.2 Å². The maximum absolute atomic E-state index is 14.0. The van der Waals surface area contributed by atoms with Crippen LogP contribution in [0.25, 0.3) is 0 Å². The summed E-state index contributed by atoms with van der Waals surface area (Å²) < 4.78 is 14.7. The van der Waals surface area contributed by atoms with E-state index >= 15 is 0 Å². The first-order chi connectivity index (χ1) is 12.3. The van der Waals surface area contributed by atoms with Gasteiger partial charge in [-0.15, -0.1) is 0 Å². The predicted octanol–water partition coefficient (Wildman–Crippen LogP) is 2.66. The molecule has 140 valence electrons. The maximum atomic E-state index is 14.0. The standard InChI is InChI=1S/C18H21BrFN3O3/c1-3-22(9-11-8-13(19)6-7-14(11)20)15(24)10-23-16(25)18(2,12-4-5-12)21-17(23)26/h6-8,12H,3-5,9-10H2,1-2H3,(H,21,26). The number of halogens is 2. The zero-order valence-electron chi connectivity index (χ0n) is 14.7. The van der Waals surface area contributed by atoms with Gasteiger partial charge in [0.15, 0.2) is 0 Å². The van der Waals surface area contributed by atoms with Crippen molar-refractivity contribution in [3.63, 3.8) is 0 Å². The van der Waals surface area contributed by atoms with Gasteiger partial charge in [0.05, 0.1) is 0 Å². The number of carbonyl (C=O) groups excluding carboxylic acids is 3. The normalized spacial score (nSPS) is 22.5. The minimum Gasteiger partial charge on any atom is -0.337 e. The Morgan fingerprint density at radius 3 is 2.73 bits per heavy atom. The van der Waals surface area contributed by atoms with E-state index in [4.69, 9.17) is 0 Å². The van der Waals surface area contributed by atoms with Gasteiger partial charge in [0.2, 0.25) is 5.91 Å². The van der Waals surface area contributed by atoms with Crippen molar-refractivity contribution in [2.75, 3.05) is 13.1 Å². The Morgan fingerprint density at radius 2 is 2.12 bits per heavy atom. The summed E-state index contributed by atoms with van der Waals surface area (Å²) in [5, 5.41) is 2.72. The van der Waals surface area contributed by atoms with E-state index in [2.05, 4.69) is 21.2 Å². The molecule has 1 aromatic rings. The molecule has 1 unspecified atom stereocenters.